The minimum Gasteiger partial charge on any atom is -0.496 e. The third kappa shape index (κ3) is 3.11. The molecule has 1 fully saturated rings. The molecule has 5 heteroatoms. The van der Waals surface area contributed by atoms with E-state index in [0.717, 1.165) is 35.8 Å². The van der Waals surface area contributed by atoms with Crippen LogP contribution in [0.1, 0.15) is 18.4 Å². The molecule has 1 aliphatic heterocycles. The number of nitrogens with one attached hydrogen (secondary N) is 1. The fourth-order valence-corrected chi connectivity index (χ4v) is 2.44. The molecule has 0 aliphatic carbocycles. The lowest BCUT2D eigenvalue weighted by molar-refractivity contribution is 0.0861. The Hall–Kier alpha value is -1.46. The van der Waals surface area contributed by atoms with Crippen LogP contribution in [0.5, 0.6) is 11.5 Å². The average molecular weight is 266 g/mol. The summed E-state index contributed by atoms with van der Waals surface area (Å²) in [5.74, 6) is 1.74. The molecule has 0 aromatic heterocycles. The molecule has 0 saturated carbocycles. The monoisotopic (exact) mass is 266 g/mol. The number of hydroxylamine groups is 1. The van der Waals surface area contributed by atoms with Crippen LogP contribution in [0.4, 0.5) is 5.69 Å². The quantitative estimate of drug-likeness (QED) is 0.797. The average Bonchev–Trinajstić information content (AvgIpc) is 2.98. The van der Waals surface area contributed by atoms with Gasteiger partial charge in [0.25, 0.3) is 0 Å². The van der Waals surface area contributed by atoms with E-state index < -0.39 is 0 Å². The molecule has 5 nitrogen and oxygen atoms in total. The number of hydrogen-bond donors (Lipinski definition) is 1. The lowest BCUT2D eigenvalue weighted by Crippen LogP contribution is -2.19. The van der Waals surface area contributed by atoms with E-state index in [9.17, 15) is 0 Å². The van der Waals surface area contributed by atoms with Crippen LogP contribution < -0.4 is 19.9 Å². The highest BCUT2D eigenvalue weighted by Crippen LogP contribution is 2.37. The summed E-state index contributed by atoms with van der Waals surface area (Å²) >= 11 is 0. The van der Waals surface area contributed by atoms with Crippen LogP contribution in [0.25, 0.3) is 0 Å². The second-order valence-electron chi connectivity index (χ2n) is 4.56. The van der Waals surface area contributed by atoms with Crippen molar-refractivity contribution in [3.8, 4) is 11.5 Å². The van der Waals surface area contributed by atoms with E-state index in [-0.39, 0.29) is 0 Å². The molecule has 0 bridgehead atoms. The molecular weight excluding hydrogens is 244 g/mol. The number of rotatable bonds is 6. The lowest BCUT2D eigenvalue weighted by atomic mass is 10.1. The highest BCUT2D eigenvalue weighted by Gasteiger charge is 2.19. The molecule has 0 atom stereocenters. The standard InChI is InChI=1S/C14H22N2O3/c1-17-13-9-12(16-6-4-5-7-16)14(18-2)8-11(13)10-15-19-3/h8-9,15H,4-7,10H2,1-3H3. The highest BCUT2D eigenvalue weighted by molar-refractivity contribution is 5.64. The van der Waals surface area contributed by atoms with E-state index in [4.69, 9.17) is 14.3 Å². The van der Waals surface area contributed by atoms with Crippen molar-refractivity contribution in [3.63, 3.8) is 0 Å². The van der Waals surface area contributed by atoms with E-state index in [1.807, 2.05) is 6.07 Å². The molecule has 106 valence electrons. The minimum absolute atomic E-state index is 0.580. The molecule has 1 N–H and O–H groups in total. The van der Waals surface area contributed by atoms with Gasteiger partial charge in [-0.25, -0.2) is 0 Å². The summed E-state index contributed by atoms with van der Waals surface area (Å²) in [7, 11) is 4.99. The van der Waals surface area contributed by atoms with Crippen molar-refractivity contribution in [3.05, 3.63) is 17.7 Å². The SMILES string of the molecule is CONCc1cc(OC)c(N2CCCC2)cc1OC. The molecule has 2 rings (SSSR count). The van der Waals surface area contributed by atoms with Crippen molar-refractivity contribution >= 4 is 5.69 Å². The summed E-state index contributed by atoms with van der Waals surface area (Å²) in [6.45, 7) is 2.74. The van der Waals surface area contributed by atoms with Gasteiger partial charge in [0.2, 0.25) is 0 Å². The summed E-state index contributed by atoms with van der Waals surface area (Å²) in [6.07, 6.45) is 2.47. The number of nitrogens with zero attached hydrogens (tertiary/aromatic N) is 1. The third-order valence-corrected chi connectivity index (χ3v) is 3.44. The number of anilines is 1. The van der Waals surface area contributed by atoms with Gasteiger partial charge in [-0.3, -0.25) is 0 Å². The Balaban J connectivity index is 2.32. The van der Waals surface area contributed by atoms with Gasteiger partial charge in [0.1, 0.15) is 11.5 Å². The lowest BCUT2D eigenvalue weighted by Gasteiger charge is -2.22. The van der Waals surface area contributed by atoms with Crippen molar-refractivity contribution in [2.24, 2.45) is 0 Å². The van der Waals surface area contributed by atoms with Crippen molar-refractivity contribution in [2.45, 2.75) is 19.4 Å². The van der Waals surface area contributed by atoms with Crippen LogP contribution in [-0.4, -0.2) is 34.4 Å². The van der Waals surface area contributed by atoms with Gasteiger partial charge in [0.05, 0.1) is 27.0 Å². The van der Waals surface area contributed by atoms with Crippen molar-refractivity contribution < 1.29 is 14.3 Å². The largest absolute Gasteiger partial charge is 0.496 e. The summed E-state index contributed by atoms with van der Waals surface area (Å²) < 4.78 is 11.0. The molecule has 0 unspecified atom stereocenters. The Labute approximate surface area is 114 Å². The van der Waals surface area contributed by atoms with Gasteiger partial charge in [-0.1, -0.05) is 0 Å². The molecule has 1 heterocycles. The predicted molar refractivity (Wildman–Crippen MR) is 74.8 cm³/mol. The van der Waals surface area contributed by atoms with Gasteiger partial charge in [-0.15, -0.1) is 0 Å². The molecule has 1 aromatic rings. The fourth-order valence-electron chi connectivity index (χ4n) is 2.44. The minimum atomic E-state index is 0.580. The Kier molecular flexibility index (Phi) is 4.87. The predicted octanol–water partition coefficient (Wildman–Crippen LogP) is 1.95. The van der Waals surface area contributed by atoms with E-state index >= 15 is 0 Å². The Morgan fingerprint density at radius 2 is 1.74 bits per heavy atom. The second-order valence-corrected chi connectivity index (χ2v) is 4.56. The van der Waals surface area contributed by atoms with Crippen molar-refractivity contribution in [1.82, 2.24) is 5.48 Å². The number of ether oxygens (including phenoxy) is 2. The molecule has 0 amide bonds. The second kappa shape index (κ2) is 6.63. The van der Waals surface area contributed by atoms with Crippen LogP contribution in [0.3, 0.4) is 0 Å². The van der Waals surface area contributed by atoms with Crippen LogP contribution in [-0.2, 0) is 11.4 Å². The molecule has 0 spiro atoms. The smallest absolute Gasteiger partial charge is 0.142 e. The third-order valence-electron chi connectivity index (χ3n) is 3.44. The van der Waals surface area contributed by atoms with E-state index in [0.29, 0.717) is 6.54 Å². The summed E-state index contributed by atoms with van der Waals surface area (Å²) in [6, 6.07) is 4.06. The maximum Gasteiger partial charge on any atom is 0.142 e. The maximum atomic E-state index is 5.51. The van der Waals surface area contributed by atoms with Crippen LogP contribution in [0.2, 0.25) is 0 Å². The first-order chi connectivity index (χ1) is 9.30. The number of hydrogen-bond acceptors (Lipinski definition) is 5. The van der Waals surface area contributed by atoms with E-state index in [1.54, 1.807) is 21.3 Å². The first kappa shape index (κ1) is 14.0. The van der Waals surface area contributed by atoms with E-state index in [2.05, 4.69) is 16.4 Å². The Morgan fingerprint density at radius 3 is 2.32 bits per heavy atom. The Bertz CT molecular complexity index is 417. The molecule has 1 saturated heterocycles. The summed E-state index contributed by atoms with van der Waals surface area (Å²) in [5, 5.41) is 0. The zero-order valence-electron chi connectivity index (χ0n) is 11.9. The van der Waals surface area contributed by atoms with Gasteiger partial charge < -0.3 is 19.2 Å². The highest BCUT2D eigenvalue weighted by atomic mass is 16.6. The van der Waals surface area contributed by atoms with Crippen LogP contribution >= 0.6 is 0 Å². The fraction of sp³-hybridized carbons (Fsp3) is 0.571. The van der Waals surface area contributed by atoms with Gasteiger partial charge in [-0.05, 0) is 18.9 Å². The van der Waals surface area contributed by atoms with Gasteiger partial charge >= 0.3 is 0 Å². The molecule has 0 radical (unpaired) electrons. The number of methoxy groups -OCH3 is 2. The van der Waals surface area contributed by atoms with Gasteiger partial charge in [0.15, 0.2) is 0 Å². The zero-order valence-corrected chi connectivity index (χ0v) is 11.9. The first-order valence-corrected chi connectivity index (χ1v) is 6.55. The topological polar surface area (TPSA) is 43.0 Å². The molecule has 19 heavy (non-hydrogen) atoms. The van der Waals surface area contributed by atoms with Crippen molar-refractivity contribution in [2.75, 3.05) is 39.3 Å². The number of benzene rings is 1. The van der Waals surface area contributed by atoms with Gasteiger partial charge in [0, 0.05) is 31.3 Å². The maximum absolute atomic E-state index is 5.51. The Morgan fingerprint density at radius 1 is 1.05 bits per heavy atom. The zero-order chi connectivity index (χ0) is 13.7. The summed E-state index contributed by atoms with van der Waals surface area (Å²) in [4.78, 5) is 7.23. The molecular formula is C14H22N2O3. The van der Waals surface area contributed by atoms with E-state index in [1.165, 1.54) is 12.8 Å². The normalized spacial score (nSPS) is 14.8. The first-order valence-electron chi connectivity index (χ1n) is 6.55. The molecule has 1 aromatic carbocycles. The van der Waals surface area contributed by atoms with Gasteiger partial charge in [-0.2, -0.15) is 5.48 Å². The molecule has 1 aliphatic rings. The summed E-state index contributed by atoms with van der Waals surface area (Å²) in [5.41, 5.74) is 4.96. The van der Waals surface area contributed by atoms with Crippen LogP contribution in [0.15, 0.2) is 12.1 Å². The van der Waals surface area contributed by atoms with Crippen molar-refractivity contribution in [1.29, 1.82) is 0 Å². The van der Waals surface area contributed by atoms with Crippen LogP contribution in [0, 0.1) is 0 Å².